The Morgan fingerprint density at radius 2 is 1.89 bits per heavy atom. The number of benzene rings is 1. The van der Waals surface area contributed by atoms with E-state index in [0.29, 0.717) is 11.5 Å². The molecule has 0 saturated carbocycles. The lowest BCUT2D eigenvalue weighted by atomic mass is 9.95. The third-order valence-corrected chi connectivity index (χ3v) is 3.05. The van der Waals surface area contributed by atoms with Gasteiger partial charge in [0, 0.05) is 0 Å². The van der Waals surface area contributed by atoms with E-state index in [1.807, 2.05) is 24.3 Å². The fourth-order valence-electron chi connectivity index (χ4n) is 1.85. The molecular weight excluding hydrogens is 224 g/mol. The smallest absolute Gasteiger partial charge is 0.337 e. The highest BCUT2D eigenvalue weighted by molar-refractivity contribution is 5.89. The summed E-state index contributed by atoms with van der Waals surface area (Å²) in [6.45, 7) is 6.46. The average Bonchev–Trinajstić information content (AvgIpc) is 2.37. The zero-order chi connectivity index (χ0) is 13.5. The molecule has 1 atom stereocenters. The summed E-state index contributed by atoms with van der Waals surface area (Å²) in [7, 11) is 1.40. The van der Waals surface area contributed by atoms with Gasteiger partial charge in [-0.2, -0.15) is 0 Å². The summed E-state index contributed by atoms with van der Waals surface area (Å²) in [4.78, 5) is 11.3. The lowest BCUT2D eigenvalue weighted by Crippen LogP contribution is -2.01. The molecule has 0 aliphatic heterocycles. The van der Waals surface area contributed by atoms with Crippen molar-refractivity contribution in [1.82, 2.24) is 0 Å². The van der Waals surface area contributed by atoms with Crippen molar-refractivity contribution >= 4 is 5.97 Å². The number of allylic oxidation sites excluding steroid dienone is 2. The first-order valence-electron chi connectivity index (χ1n) is 6.36. The van der Waals surface area contributed by atoms with Crippen LogP contribution in [-0.2, 0) is 4.74 Å². The molecule has 0 fully saturated rings. The third-order valence-electron chi connectivity index (χ3n) is 3.05. The van der Waals surface area contributed by atoms with Gasteiger partial charge in [-0.3, -0.25) is 0 Å². The van der Waals surface area contributed by atoms with E-state index in [0.717, 1.165) is 12.8 Å². The van der Waals surface area contributed by atoms with Crippen LogP contribution in [-0.4, -0.2) is 13.1 Å². The first-order chi connectivity index (χ1) is 8.54. The molecule has 0 heterocycles. The molecule has 1 rings (SSSR count). The van der Waals surface area contributed by atoms with Crippen LogP contribution in [0.4, 0.5) is 0 Å². The summed E-state index contributed by atoms with van der Waals surface area (Å²) in [6.07, 6.45) is 4.49. The number of hydrogen-bond acceptors (Lipinski definition) is 2. The van der Waals surface area contributed by atoms with Gasteiger partial charge in [-0.1, -0.05) is 30.7 Å². The van der Waals surface area contributed by atoms with E-state index in [-0.39, 0.29) is 5.97 Å². The molecule has 0 amide bonds. The van der Waals surface area contributed by atoms with E-state index < -0.39 is 0 Å². The Balaban J connectivity index is 2.61. The van der Waals surface area contributed by atoms with Crippen molar-refractivity contribution in [3.8, 4) is 0 Å². The van der Waals surface area contributed by atoms with Gasteiger partial charge in [0.1, 0.15) is 0 Å². The summed E-state index contributed by atoms with van der Waals surface area (Å²) < 4.78 is 4.68. The van der Waals surface area contributed by atoms with Gasteiger partial charge in [-0.05, 0) is 50.3 Å². The molecule has 0 aromatic heterocycles. The van der Waals surface area contributed by atoms with Crippen LogP contribution >= 0.6 is 0 Å². The first-order valence-corrected chi connectivity index (χ1v) is 6.36. The second-order valence-corrected chi connectivity index (χ2v) is 4.87. The number of ether oxygens (including phenoxy) is 1. The van der Waals surface area contributed by atoms with Crippen molar-refractivity contribution in [2.45, 2.75) is 39.5 Å². The van der Waals surface area contributed by atoms with Gasteiger partial charge >= 0.3 is 5.97 Å². The van der Waals surface area contributed by atoms with Crippen molar-refractivity contribution in [3.05, 3.63) is 47.0 Å². The predicted octanol–water partition coefficient (Wildman–Crippen LogP) is 4.32. The number of rotatable bonds is 5. The number of methoxy groups -OCH3 is 1. The lowest BCUT2D eigenvalue weighted by Gasteiger charge is -2.11. The quantitative estimate of drug-likeness (QED) is 0.571. The summed E-state index contributed by atoms with van der Waals surface area (Å²) in [5, 5.41) is 0. The predicted molar refractivity (Wildman–Crippen MR) is 74.9 cm³/mol. The molecule has 98 valence electrons. The van der Waals surface area contributed by atoms with Gasteiger partial charge < -0.3 is 4.74 Å². The van der Waals surface area contributed by atoms with Gasteiger partial charge in [-0.25, -0.2) is 4.79 Å². The molecule has 0 saturated heterocycles. The zero-order valence-electron chi connectivity index (χ0n) is 11.7. The van der Waals surface area contributed by atoms with E-state index >= 15 is 0 Å². The summed E-state index contributed by atoms with van der Waals surface area (Å²) in [5.74, 6) is 0.228. The van der Waals surface area contributed by atoms with Crippen LogP contribution < -0.4 is 0 Å². The van der Waals surface area contributed by atoms with E-state index in [1.165, 1.54) is 18.2 Å². The molecular formula is C16H22O2. The minimum atomic E-state index is -0.279. The normalized spacial score (nSPS) is 11.8. The topological polar surface area (TPSA) is 26.3 Å². The third kappa shape index (κ3) is 4.36. The van der Waals surface area contributed by atoms with Crippen LogP contribution in [0.5, 0.6) is 0 Å². The Hall–Kier alpha value is -1.57. The molecule has 1 unspecified atom stereocenters. The van der Waals surface area contributed by atoms with Crippen molar-refractivity contribution in [2.24, 2.45) is 0 Å². The van der Waals surface area contributed by atoms with Gasteiger partial charge in [-0.15, -0.1) is 0 Å². The second-order valence-electron chi connectivity index (χ2n) is 4.87. The highest BCUT2D eigenvalue weighted by Gasteiger charge is 2.08. The number of hydrogen-bond donors (Lipinski definition) is 0. The van der Waals surface area contributed by atoms with E-state index in [2.05, 4.69) is 31.6 Å². The van der Waals surface area contributed by atoms with E-state index in [4.69, 9.17) is 0 Å². The molecule has 0 spiro atoms. The molecule has 2 heteroatoms. The minimum Gasteiger partial charge on any atom is -0.465 e. The summed E-state index contributed by atoms with van der Waals surface area (Å²) >= 11 is 0. The number of carbonyl (C=O) groups is 1. The maximum absolute atomic E-state index is 11.3. The monoisotopic (exact) mass is 246 g/mol. The standard InChI is InChI=1S/C16H22O2/c1-12(2)6-5-7-13(3)14-8-10-15(11-9-14)16(17)18-4/h6,8-11,13H,5,7H2,1-4H3. The SMILES string of the molecule is COC(=O)c1ccc(C(C)CCC=C(C)C)cc1. The van der Waals surface area contributed by atoms with E-state index in [1.54, 1.807) is 0 Å². The summed E-state index contributed by atoms with van der Waals surface area (Å²) in [5.41, 5.74) is 3.24. The van der Waals surface area contributed by atoms with Gasteiger partial charge in [0.25, 0.3) is 0 Å². The minimum absolute atomic E-state index is 0.279. The van der Waals surface area contributed by atoms with Gasteiger partial charge in [0.15, 0.2) is 0 Å². The molecule has 18 heavy (non-hydrogen) atoms. The maximum Gasteiger partial charge on any atom is 0.337 e. The van der Waals surface area contributed by atoms with E-state index in [9.17, 15) is 4.79 Å². The van der Waals surface area contributed by atoms with Crippen molar-refractivity contribution in [1.29, 1.82) is 0 Å². The molecule has 0 aliphatic rings. The molecule has 2 nitrogen and oxygen atoms in total. The number of carbonyl (C=O) groups excluding carboxylic acids is 1. The molecule has 0 radical (unpaired) electrons. The average molecular weight is 246 g/mol. The second kappa shape index (κ2) is 7.00. The lowest BCUT2D eigenvalue weighted by molar-refractivity contribution is 0.0600. The van der Waals surface area contributed by atoms with Crippen LogP contribution in [0.15, 0.2) is 35.9 Å². The fraction of sp³-hybridized carbons (Fsp3) is 0.438. The Morgan fingerprint density at radius 1 is 1.28 bits per heavy atom. The highest BCUT2D eigenvalue weighted by Crippen LogP contribution is 2.21. The number of esters is 1. The van der Waals surface area contributed by atoms with Crippen molar-refractivity contribution in [3.63, 3.8) is 0 Å². The van der Waals surface area contributed by atoms with Crippen molar-refractivity contribution < 1.29 is 9.53 Å². The molecule has 0 bridgehead atoms. The Morgan fingerprint density at radius 3 is 2.39 bits per heavy atom. The van der Waals surface area contributed by atoms with Crippen LogP contribution in [0.2, 0.25) is 0 Å². The maximum atomic E-state index is 11.3. The zero-order valence-corrected chi connectivity index (χ0v) is 11.7. The van der Waals surface area contributed by atoms with Crippen LogP contribution in [0.25, 0.3) is 0 Å². The fourth-order valence-corrected chi connectivity index (χ4v) is 1.85. The van der Waals surface area contributed by atoms with Crippen LogP contribution in [0.3, 0.4) is 0 Å². The van der Waals surface area contributed by atoms with Crippen LogP contribution in [0, 0.1) is 0 Å². The van der Waals surface area contributed by atoms with Crippen LogP contribution in [0.1, 0.15) is 55.5 Å². The molecule has 0 N–H and O–H groups in total. The molecule has 1 aromatic carbocycles. The first kappa shape index (κ1) is 14.5. The van der Waals surface area contributed by atoms with Gasteiger partial charge in [0.2, 0.25) is 0 Å². The molecule has 1 aromatic rings. The van der Waals surface area contributed by atoms with Gasteiger partial charge in [0.05, 0.1) is 12.7 Å². The molecule has 0 aliphatic carbocycles. The largest absolute Gasteiger partial charge is 0.465 e. The van der Waals surface area contributed by atoms with Crippen molar-refractivity contribution in [2.75, 3.05) is 7.11 Å². The Labute approximate surface area is 110 Å². The summed E-state index contributed by atoms with van der Waals surface area (Å²) in [6, 6.07) is 7.69. The Kier molecular flexibility index (Phi) is 5.63. The highest BCUT2D eigenvalue weighted by atomic mass is 16.5. The Bertz CT molecular complexity index is 411.